The first kappa shape index (κ1) is 16.0. The van der Waals surface area contributed by atoms with Crippen molar-refractivity contribution >= 4 is 12.4 Å². The highest BCUT2D eigenvalue weighted by molar-refractivity contribution is 5.85. The highest BCUT2D eigenvalue weighted by Gasteiger charge is 2.10. The van der Waals surface area contributed by atoms with Crippen molar-refractivity contribution in [1.82, 2.24) is 0 Å². The summed E-state index contributed by atoms with van der Waals surface area (Å²) in [4.78, 5) is 0. The van der Waals surface area contributed by atoms with Crippen LogP contribution in [0.25, 0.3) is 0 Å². The van der Waals surface area contributed by atoms with Crippen LogP contribution in [-0.4, -0.2) is 27.4 Å². The highest BCUT2D eigenvalue weighted by atomic mass is 35.5. The van der Waals surface area contributed by atoms with E-state index in [1.165, 1.54) is 0 Å². The van der Waals surface area contributed by atoms with E-state index in [0.29, 0.717) is 18.7 Å². The molecule has 0 bridgehead atoms. The van der Waals surface area contributed by atoms with Gasteiger partial charge in [0.1, 0.15) is 11.5 Å². The summed E-state index contributed by atoms with van der Waals surface area (Å²) in [5.41, 5.74) is 7.33. The van der Waals surface area contributed by atoms with Gasteiger partial charge in [0.15, 0.2) is 0 Å². The molecule has 0 saturated carbocycles. The molecule has 0 aliphatic carbocycles. The Morgan fingerprint density at radius 3 is 1.88 bits per heavy atom. The van der Waals surface area contributed by atoms with Crippen LogP contribution in [0.15, 0.2) is 12.1 Å². The third kappa shape index (κ3) is 4.06. The molecule has 3 nitrogen and oxygen atoms in total. The van der Waals surface area contributed by atoms with E-state index in [-0.39, 0.29) is 12.4 Å². The number of rotatable bonds is 6. The molecule has 0 aromatic heterocycles. The summed E-state index contributed by atoms with van der Waals surface area (Å²) < 4.78 is 22.8. The van der Waals surface area contributed by atoms with Crippen LogP contribution >= 0.6 is 12.4 Å². The first-order valence-electron chi connectivity index (χ1n) is 5.26. The standard InChI is InChI=1S/C12H18FNO2.ClH/c1-15-11-8-10(4-6-14)12(16-2)7-9(11)3-5-13;/h7-8H,3-6,14H2,1-2H3;1H. The summed E-state index contributed by atoms with van der Waals surface area (Å²) in [7, 11) is 3.18. The maximum atomic E-state index is 12.4. The van der Waals surface area contributed by atoms with Crippen molar-refractivity contribution in [3.8, 4) is 11.5 Å². The second-order valence-corrected chi connectivity index (χ2v) is 3.45. The number of aryl methyl sites for hydroxylation is 1. The first-order chi connectivity index (χ1) is 7.76. The zero-order chi connectivity index (χ0) is 12.0. The minimum absolute atomic E-state index is 0. The van der Waals surface area contributed by atoms with Gasteiger partial charge in [0.2, 0.25) is 0 Å². The number of nitrogens with two attached hydrogens (primary N) is 1. The van der Waals surface area contributed by atoms with Crippen LogP contribution in [0.2, 0.25) is 0 Å². The van der Waals surface area contributed by atoms with Gasteiger partial charge >= 0.3 is 0 Å². The van der Waals surface area contributed by atoms with Crippen LogP contribution in [0.1, 0.15) is 11.1 Å². The molecular weight excluding hydrogens is 245 g/mol. The van der Waals surface area contributed by atoms with Crippen molar-refractivity contribution in [3.63, 3.8) is 0 Å². The van der Waals surface area contributed by atoms with Crippen molar-refractivity contribution in [2.45, 2.75) is 12.8 Å². The molecule has 1 aromatic rings. The lowest BCUT2D eigenvalue weighted by atomic mass is 10.0. The van der Waals surface area contributed by atoms with Gasteiger partial charge in [-0.1, -0.05) is 0 Å². The molecule has 0 aliphatic rings. The van der Waals surface area contributed by atoms with Crippen molar-refractivity contribution in [2.75, 3.05) is 27.4 Å². The van der Waals surface area contributed by atoms with Gasteiger partial charge in [-0.25, -0.2) is 0 Å². The summed E-state index contributed by atoms with van der Waals surface area (Å²) in [6.07, 6.45) is 1.05. The minimum Gasteiger partial charge on any atom is -0.496 e. The SMILES string of the molecule is COc1cc(CCF)c(OC)cc1CCN.Cl. The predicted octanol–water partition coefficient (Wildman–Crippen LogP) is 2.14. The fourth-order valence-electron chi connectivity index (χ4n) is 1.67. The Morgan fingerprint density at radius 1 is 1.06 bits per heavy atom. The molecule has 0 heterocycles. The highest BCUT2D eigenvalue weighted by Crippen LogP contribution is 2.29. The number of halogens is 2. The molecule has 0 saturated heterocycles. The Morgan fingerprint density at radius 2 is 1.53 bits per heavy atom. The van der Waals surface area contributed by atoms with E-state index in [4.69, 9.17) is 15.2 Å². The van der Waals surface area contributed by atoms with Gasteiger partial charge < -0.3 is 15.2 Å². The average molecular weight is 264 g/mol. The third-order valence-electron chi connectivity index (χ3n) is 2.46. The van der Waals surface area contributed by atoms with Crippen molar-refractivity contribution in [2.24, 2.45) is 5.73 Å². The molecular formula is C12H19ClFNO2. The Balaban J connectivity index is 0.00000256. The fraction of sp³-hybridized carbons (Fsp3) is 0.500. The molecule has 0 radical (unpaired) electrons. The Bertz CT molecular complexity index is 314. The number of ether oxygens (including phenoxy) is 2. The van der Waals surface area contributed by atoms with E-state index in [2.05, 4.69) is 0 Å². The summed E-state index contributed by atoms with van der Waals surface area (Å²) in [5, 5.41) is 0. The maximum absolute atomic E-state index is 12.4. The molecule has 98 valence electrons. The molecule has 17 heavy (non-hydrogen) atoms. The summed E-state index contributed by atoms with van der Waals surface area (Å²) >= 11 is 0. The lowest BCUT2D eigenvalue weighted by Gasteiger charge is -2.13. The molecule has 0 unspecified atom stereocenters. The largest absolute Gasteiger partial charge is 0.496 e. The first-order valence-corrected chi connectivity index (χ1v) is 5.26. The molecule has 0 aliphatic heterocycles. The van der Waals surface area contributed by atoms with Crippen LogP contribution in [0.4, 0.5) is 4.39 Å². The zero-order valence-corrected chi connectivity index (χ0v) is 11.0. The molecule has 1 aromatic carbocycles. The van der Waals surface area contributed by atoms with Crippen LogP contribution in [0.3, 0.4) is 0 Å². The summed E-state index contributed by atoms with van der Waals surface area (Å²) in [6.45, 7) is 0.137. The monoisotopic (exact) mass is 263 g/mol. The van der Waals surface area contributed by atoms with E-state index < -0.39 is 6.67 Å². The molecule has 5 heteroatoms. The number of benzene rings is 1. The second kappa shape index (κ2) is 8.14. The zero-order valence-electron chi connectivity index (χ0n) is 10.2. The van der Waals surface area contributed by atoms with Gasteiger partial charge in [-0.05, 0) is 30.7 Å². The lowest BCUT2D eigenvalue weighted by molar-refractivity contribution is 0.391. The molecule has 0 amide bonds. The van der Waals surface area contributed by atoms with Gasteiger partial charge in [-0.3, -0.25) is 4.39 Å². The van der Waals surface area contributed by atoms with Crippen molar-refractivity contribution < 1.29 is 13.9 Å². The molecule has 0 fully saturated rings. The van der Waals surface area contributed by atoms with Crippen LogP contribution < -0.4 is 15.2 Å². The van der Waals surface area contributed by atoms with Gasteiger partial charge in [0.05, 0.1) is 20.9 Å². The van der Waals surface area contributed by atoms with Crippen molar-refractivity contribution in [3.05, 3.63) is 23.3 Å². The summed E-state index contributed by atoms with van der Waals surface area (Å²) in [6, 6.07) is 3.69. The van der Waals surface area contributed by atoms with Gasteiger partial charge in [0, 0.05) is 12.0 Å². The van der Waals surface area contributed by atoms with Crippen molar-refractivity contribution in [1.29, 1.82) is 0 Å². The Hall–Kier alpha value is -1.00. The number of methoxy groups -OCH3 is 2. The van der Waals surface area contributed by atoms with E-state index in [0.717, 1.165) is 23.3 Å². The fourth-order valence-corrected chi connectivity index (χ4v) is 1.67. The maximum Gasteiger partial charge on any atom is 0.122 e. The quantitative estimate of drug-likeness (QED) is 0.855. The Kier molecular flexibility index (Phi) is 7.66. The van der Waals surface area contributed by atoms with Gasteiger partial charge in [-0.15, -0.1) is 12.4 Å². The van der Waals surface area contributed by atoms with E-state index in [9.17, 15) is 4.39 Å². The average Bonchev–Trinajstić information content (AvgIpc) is 2.31. The second-order valence-electron chi connectivity index (χ2n) is 3.45. The molecule has 2 N–H and O–H groups in total. The van der Waals surface area contributed by atoms with E-state index >= 15 is 0 Å². The molecule has 0 spiro atoms. The Labute approximate surface area is 108 Å². The predicted molar refractivity (Wildman–Crippen MR) is 69.2 cm³/mol. The van der Waals surface area contributed by atoms with Gasteiger partial charge in [-0.2, -0.15) is 0 Å². The van der Waals surface area contributed by atoms with E-state index in [1.54, 1.807) is 14.2 Å². The molecule has 1 rings (SSSR count). The van der Waals surface area contributed by atoms with Crippen LogP contribution in [-0.2, 0) is 12.8 Å². The lowest BCUT2D eigenvalue weighted by Crippen LogP contribution is -2.06. The third-order valence-corrected chi connectivity index (χ3v) is 2.46. The topological polar surface area (TPSA) is 44.5 Å². The van der Waals surface area contributed by atoms with Gasteiger partial charge in [0.25, 0.3) is 0 Å². The van der Waals surface area contributed by atoms with Crippen LogP contribution in [0.5, 0.6) is 11.5 Å². The number of alkyl halides is 1. The summed E-state index contributed by atoms with van der Waals surface area (Å²) in [5.74, 6) is 1.44. The normalized spacial score (nSPS) is 9.65. The smallest absolute Gasteiger partial charge is 0.122 e. The molecule has 0 atom stereocenters. The number of hydrogen-bond donors (Lipinski definition) is 1. The minimum atomic E-state index is -0.407. The van der Waals surface area contributed by atoms with Crippen LogP contribution in [0, 0.1) is 0 Å². The van der Waals surface area contributed by atoms with E-state index in [1.807, 2.05) is 12.1 Å². The number of hydrogen-bond acceptors (Lipinski definition) is 3.